The van der Waals surface area contributed by atoms with E-state index >= 15 is 0 Å². The van der Waals surface area contributed by atoms with Gasteiger partial charge in [0.1, 0.15) is 0 Å². The van der Waals surface area contributed by atoms with E-state index in [1.165, 1.54) is 0 Å². The van der Waals surface area contributed by atoms with E-state index in [4.69, 9.17) is 14.8 Å². The van der Waals surface area contributed by atoms with E-state index in [0.29, 0.717) is 11.8 Å². The van der Waals surface area contributed by atoms with Crippen molar-refractivity contribution in [2.24, 2.45) is 11.8 Å². The molecule has 1 aliphatic carbocycles. The number of ether oxygens (including phenoxy) is 1. The molecule has 1 saturated heterocycles. The first-order chi connectivity index (χ1) is 4.30. The molecule has 1 saturated carbocycles. The molecule has 2 N–H and O–H groups in total. The van der Waals surface area contributed by atoms with Crippen LogP contribution >= 0.6 is 0 Å². The zero-order chi connectivity index (χ0) is 6.43. The summed E-state index contributed by atoms with van der Waals surface area (Å²) in [6, 6.07) is 0. The average molecular weight is 128 g/mol. The summed E-state index contributed by atoms with van der Waals surface area (Å²) in [6.45, 7) is 1.46. The van der Waals surface area contributed by atoms with Crippen LogP contribution in [0.25, 0.3) is 0 Å². The second-order valence-electron chi connectivity index (χ2n) is 2.86. The lowest BCUT2D eigenvalue weighted by molar-refractivity contribution is 0.161. The second kappa shape index (κ2) is 1.72. The molecular formula is C5H9BO3. The van der Waals surface area contributed by atoms with Gasteiger partial charge in [0.2, 0.25) is 0 Å². The fourth-order valence-electron chi connectivity index (χ4n) is 1.73. The first kappa shape index (κ1) is 5.71. The maximum absolute atomic E-state index is 8.70. The number of hydrogen-bond donors (Lipinski definition) is 2. The molecule has 0 aromatic heterocycles. The van der Waals surface area contributed by atoms with E-state index in [0.717, 1.165) is 13.2 Å². The van der Waals surface area contributed by atoms with Crippen molar-refractivity contribution in [3.05, 3.63) is 0 Å². The van der Waals surface area contributed by atoms with E-state index < -0.39 is 7.12 Å². The third-order valence-electron chi connectivity index (χ3n) is 2.36. The van der Waals surface area contributed by atoms with Crippen molar-refractivity contribution in [2.75, 3.05) is 13.2 Å². The molecule has 3 atom stereocenters. The summed E-state index contributed by atoms with van der Waals surface area (Å²) in [7, 11) is -1.11. The number of fused-ring (bicyclic) bond motifs is 1. The van der Waals surface area contributed by atoms with E-state index in [1.54, 1.807) is 0 Å². The smallest absolute Gasteiger partial charge is 0.427 e. The van der Waals surface area contributed by atoms with Crippen molar-refractivity contribution >= 4 is 7.12 Å². The molecule has 3 nitrogen and oxygen atoms in total. The fourth-order valence-corrected chi connectivity index (χ4v) is 1.73. The third kappa shape index (κ3) is 0.706. The van der Waals surface area contributed by atoms with Gasteiger partial charge in [0.25, 0.3) is 0 Å². The Hall–Kier alpha value is -0.0551. The van der Waals surface area contributed by atoms with Crippen molar-refractivity contribution in [1.82, 2.24) is 0 Å². The highest BCUT2D eigenvalue weighted by molar-refractivity contribution is 6.44. The standard InChI is InChI=1S/C5H9BO3/c7-6(8)5-3-1-9-2-4(3)5/h3-5,7-8H,1-2H2/t3-,4?,5?/m0/s1. The topological polar surface area (TPSA) is 49.7 Å². The quantitative estimate of drug-likeness (QED) is 0.450. The van der Waals surface area contributed by atoms with Crippen LogP contribution in [-0.2, 0) is 4.74 Å². The van der Waals surface area contributed by atoms with Gasteiger partial charge < -0.3 is 14.8 Å². The molecule has 1 aliphatic heterocycles. The lowest BCUT2D eigenvalue weighted by atomic mass is 9.80. The van der Waals surface area contributed by atoms with Crippen LogP contribution in [0.15, 0.2) is 0 Å². The largest absolute Gasteiger partial charge is 0.455 e. The highest BCUT2D eigenvalue weighted by atomic mass is 16.5. The van der Waals surface area contributed by atoms with Crippen LogP contribution in [0.2, 0.25) is 5.82 Å². The molecule has 0 radical (unpaired) electrons. The molecule has 0 spiro atoms. The Morgan fingerprint density at radius 3 is 2.11 bits per heavy atom. The first-order valence-corrected chi connectivity index (χ1v) is 3.24. The minimum atomic E-state index is -1.11. The van der Waals surface area contributed by atoms with Crippen molar-refractivity contribution < 1.29 is 14.8 Å². The van der Waals surface area contributed by atoms with Crippen LogP contribution in [-0.4, -0.2) is 30.4 Å². The van der Waals surface area contributed by atoms with Crippen LogP contribution in [0.4, 0.5) is 0 Å². The first-order valence-electron chi connectivity index (χ1n) is 3.24. The van der Waals surface area contributed by atoms with Crippen LogP contribution in [0.1, 0.15) is 0 Å². The Bertz CT molecular complexity index is 117. The molecule has 2 unspecified atom stereocenters. The van der Waals surface area contributed by atoms with Gasteiger partial charge in [-0.3, -0.25) is 0 Å². The summed E-state index contributed by atoms with van der Waals surface area (Å²) >= 11 is 0. The molecule has 1 heterocycles. The van der Waals surface area contributed by atoms with Gasteiger partial charge in [0, 0.05) is 19.0 Å². The predicted molar refractivity (Wildman–Crippen MR) is 31.7 cm³/mol. The van der Waals surface area contributed by atoms with Gasteiger partial charge >= 0.3 is 7.12 Å². The SMILES string of the molecule is OB(O)C1C2COC[C@@H]21. The summed E-state index contributed by atoms with van der Waals surface area (Å²) in [5.74, 6) is 1.02. The van der Waals surface area contributed by atoms with Gasteiger partial charge in [-0.05, 0) is 11.8 Å². The monoisotopic (exact) mass is 128 g/mol. The third-order valence-corrected chi connectivity index (χ3v) is 2.36. The highest BCUT2D eigenvalue weighted by Gasteiger charge is 2.59. The summed E-state index contributed by atoms with van der Waals surface area (Å²) in [5, 5.41) is 17.4. The van der Waals surface area contributed by atoms with E-state index in [9.17, 15) is 0 Å². The lowest BCUT2D eigenvalue weighted by Crippen LogP contribution is -2.15. The van der Waals surface area contributed by atoms with Gasteiger partial charge in [-0.2, -0.15) is 0 Å². The molecule has 9 heavy (non-hydrogen) atoms. The Labute approximate surface area is 53.8 Å². The highest BCUT2D eigenvalue weighted by Crippen LogP contribution is 2.56. The van der Waals surface area contributed by atoms with Crippen molar-refractivity contribution in [2.45, 2.75) is 5.82 Å². The van der Waals surface area contributed by atoms with Crippen LogP contribution < -0.4 is 0 Å². The van der Waals surface area contributed by atoms with Gasteiger partial charge in [-0.15, -0.1) is 0 Å². The minimum Gasteiger partial charge on any atom is -0.427 e. The van der Waals surface area contributed by atoms with Crippen molar-refractivity contribution in [3.63, 3.8) is 0 Å². The lowest BCUT2D eigenvalue weighted by Gasteiger charge is -1.99. The average Bonchev–Trinajstić information content (AvgIpc) is 2.30. The Kier molecular flexibility index (Phi) is 1.09. The second-order valence-corrected chi connectivity index (χ2v) is 2.86. The molecule has 0 aromatic rings. The molecule has 0 bridgehead atoms. The summed E-state index contributed by atoms with van der Waals surface area (Å²) in [4.78, 5) is 0. The van der Waals surface area contributed by atoms with Crippen molar-refractivity contribution in [1.29, 1.82) is 0 Å². The maximum Gasteiger partial charge on any atom is 0.455 e. The zero-order valence-electron chi connectivity index (χ0n) is 5.03. The maximum atomic E-state index is 8.70. The minimum absolute atomic E-state index is 0.124. The number of hydrogen-bond acceptors (Lipinski definition) is 3. The Morgan fingerprint density at radius 2 is 1.78 bits per heavy atom. The Balaban J connectivity index is 1.94. The number of rotatable bonds is 1. The van der Waals surface area contributed by atoms with Gasteiger partial charge in [-0.25, -0.2) is 0 Å². The normalized spacial score (nSPS) is 46.7. The molecule has 2 rings (SSSR count). The fraction of sp³-hybridized carbons (Fsp3) is 1.00. The molecular weight excluding hydrogens is 119 g/mol. The summed E-state index contributed by atoms with van der Waals surface area (Å²) in [6.07, 6.45) is 0. The van der Waals surface area contributed by atoms with Crippen LogP contribution in [0.3, 0.4) is 0 Å². The summed E-state index contributed by atoms with van der Waals surface area (Å²) < 4.78 is 5.06. The molecule has 50 valence electrons. The van der Waals surface area contributed by atoms with E-state index in [-0.39, 0.29) is 5.82 Å². The molecule has 0 amide bonds. The van der Waals surface area contributed by atoms with E-state index in [2.05, 4.69) is 0 Å². The summed E-state index contributed by atoms with van der Waals surface area (Å²) in [5.41, 5.74) is 0. The zero-order valence-corrected chi connectivity index (χ0v) is 5.03. The molecule has 0 aromatic carbocycles. The van der Waals surface area contributed by atoms with Gasteiger partial charge in [-0.1, -0.05) is 0 Å². The van der Waals surface area contributed by atoms with Gasteiger partial charge in [0.05, 0.1) is 0 Å². The molecule has 2 fully saturated rings. The molecule has 2 aliphatic rings. The Morgan fingerprint density at radius 1 is 1.22 bits per heavy atom. The predicted octanol–water partition coefficient (Wildman–Crippen LogP) is -0.894. The van der Waals surface area contributed by atoms with Crippen LogP contribution in [0, 0.1) is 11.8 Å². The van der Waals surface area contributed by atoms with E-state index in [1.807, 2.05) is 0 Å². The molecule has 4 heteroatoms. The van der Waals surface area contributed by atoms with Crippen molar-refractivity contribution in [3.8, 4) is 0 Å². The van der Waals surface area contributed by atoms with Gasteiger partial charge in [0.15, 0.2) is 0 Å². The van der Waals surface area contributed by atoms with Crippen LogP contribution in [0.5, 0.6) is 0 Å².